The van der Waals surface area contributed by atoms with Crippen LogP contribution in [-0.4, -0.2) is 28.9 Å². The zero-order valence-electron chi connectivity index (χ0n) is 11.1. The van der Waals surface area contributed by atoms with Gasteiger partial charge in [-0.1, -0.05) is 13.0 Å². The molecular weight excluding hydrogens is 226 g/mol. The molecule has 1 aromatic rings. The maximum atomic E-state index is 11.0. The van der Waals surface area contributed by atoms with Crippen LogP contribution in [0.5, 0.6) is 0 Å². The van der Waals surface area contributed by atoms with E-state index in [1.54, 1.807) is 12.3 Å². The Balaban J connectivity index is 2.04. The zero-order valence-corrected chi connectivity index (χ0v) is 11.1. The summed E-state index contributed by atoms with van der Waals surface area (Å²) in [6.07, 6.45) is 4.29. The Hall–Kier alpha value is -1.42. The number of aromatic nitrogens is 1. The lowest BCUT2D eigenvalue weighted by Crippen LogP contribution is -2.35. The van der Waals surface area contributed by atoms with Crippen molar-refractivity contribution in [1.29, 1.82) is 0 Å². The Morgan fingerprint density at radius 3 is 2.61 bits per heavy atom. The first-order valence-corrected chi connectivity index (χ1v) is 6.57. The predicted molar refractivity (Wildman–Crippen MR) is 71.1 cm³/mol. The molecule has 0 aliphatic carbocycles. The summed E-state index contributed by atoms with van der Waals surface area (Å²) in [5, 5.41) is 0. The molecule has 18 heavy (non-hydrogen) atoms. The largest absolute Gasteiger partial charge is 0.364 e. The van der Waals surface area contributed by atoms with Gasteiger partial charge in [-0.25, -0.2) is 0 Å². The number of hydrogen-bond donors (Lipinski definition) is 1. The summed E-state index contributed by atoms with van der Waals surface area (Å²) in [4.78, 5) is 17.6. The Bertz CT molecular complexity index is 408. The maximum Gasteiger partial charge on any atom is 0.267 e. The molecule has 2 rings (SSSR count). The number of piperidine rings is 1. The molecule has 1 saturated heterocycles. The molecule has 0 saturated carbocycles. The summed E-state index contributed by atoms with van der Waals surface area (Å²) < 4.78 is 0. The van der Waals surface area contributed by atoms with Crippen LogP contribution in [0.2, 0.25) is 0 Å². The second kappa shape index (κ2) is 5.48. The Labute approximate surface area is 108 Å². The highest BCUT2D eigenvalue weighted by Gasteiger charge is 2.21. The fraction of sp³-hybridized carbons (Fsp3) is 0.571. The third kappa shape index (κ3) is 2.88. The summed E-state index contributed by atoms with van der Waals surface area (Å²) in [5.74, 6) is 0.366. The lowest BCUT2D eigenvalue weighted by molar-refractivity contribution is 0.0995. The van der Waals surface area contributed by atoms with E-state index in [2.05, 4.69) is 23.7 Å². The molecule has 4 nitrogen and oxygen atoms in total. The molecule has 1 aliphatic heterocycles. The van der Waals surface area contributed by atoms with Crippen LogP contribution in [0.1, 0.15) is 48.8 Å². The SMILES string of the molecule is CC1CCN(C(C)c2ccc(C(N)=O)nc2)CC1. The number of carbonyl (C=O) groups excluding carboxylic acids is 1. The van der Waals surface area contributed by atoms with Crippen LogP contribution in [0.15, 0.2) is 18.3 Å². The minimum atomic E-state index is -0.471. The number of carbonyl (C=O) groups is 1. The average molecular weight is 247 g/mol. The first-order valence-electron chi connectivity index (χ1n) is 6.57. The summed E-state index contributed by atoms with van der Waals surface area (Å²) >= 11 is 0. The van der Waals surface area contributed by atoms with Gasteiger partial charge in [0.1, 0.15) is 5.69 Å². The predicted octanol–water partition coefficient (Wildman–Crippen LogP) is 1.97. The highest BCUT2D eigenvalue weighted by atomic mass is 16.1. The van der Waals surface area contributed by atoms with Crippen molar-refractivity contribution in [1.82, 2.24) is 9.88 Å². The van der Waals surface area contributed by atoms with Crippen molar-refractivity contribution in [3.05, 3.63) is 29.6 Å². The first kappa shape index (κ1) is 13.0. The third-order valence-electron chi connectivity index (χ3n) is 3.89. The molecule has 0 bridgehead atoms. The Morgan fingerprint density at radius 1 is 1.44 bits per heavy atom. The standard InChI is InChI=1S/C14H21N3O/c1-10-5-7-17(8-6-10)11(2)12-3-4-13(14(15)18)16-9-12/h3-4,9-11H,5-8H2,1-2H3,(H2,15,18). The first-order chi connectivity index (χ1) is 8.58. The molecule has 2 N–H and O–H groups in total. The number of amides is 1. The van der Waals surface area contributed by atoms with Crippen LogP contribution in [-0.2, 0) is 0 Å². The topological polar surface area (TPSA) is 59.2 Å². The van der Waals surface area contributed by atoms with Crippen LogP contribution in [0.3, 0.4) is 0 Å². The van der Waals surface area contributed by atoms with Crippen molar-refractivity contribution < 1.29 is 4.79 Å². The molecule has 0 aromatic carbocycles. The summed E-state index contributed by atoms with van der Waals surface area (Å²) in [6.45, 7) is 6.78. The average Bonchev–Trinajstić information content (AvgIpc) is 2.39. The van der Waals surface area contributed by atoms with E-state index in [0.29, 0.717) is 11.7 Å². The number of nitrogens with two attached hydrogens (primary N) is 1. The third-order valence-corrected chi connectivity index (χ3v) is 3.89. The van der Waals surface area contributed by atoms with Crippen LogP contribution in [0.25, 0.3) is 0 Å². The van der Waals surface area contributed by atoms with Gasteiger partial charge >= 0.3 is 0 Å². The van der Waals surface area contributed by atoms with E-state index in [-0.39, 0.29) is 0 Å². The van der Waals surface area contributed by atoms with E-state index in [0.717, 1.165) is 24.6 Å². The number of primary amides is 1. The van der Waals surface area contributed by atoms with Gasteiger partial charge in [0.2, 0.25) is 0 Å². The second-order valence-electron chi connectivity index (χ2n) is 5.24. The zero-order chi connectivity index (χ0) is 13.1. The lowest BCUT2D eigenvalue weighted by atomic mass is 9.97. The van der Waals surface area contributed by atoms with Gasteiger partial charge in [0.25, 0.3) is 5.91 Å². The van der Waals surface area contributed by atoms with E-state index in [4.69, 9.17) is 5.73 Å². The maximum absolute atomic E-state index is 11.0. The Kier molecular flexibility index (Phi) is 3.97. The van der Waals surface area contributed by atoms with Crippen LogP contribution >= 0.6 is 0 Å². The lowest BCUT2D eigenvalue weighted by Gasteiger charge is -2.35. The normalized spacial score (nSPS) is 19.7. The van der Waals surface area contributed by atoms with Gasteiger partial charge in [0.15, 0.2) is 0 Å². The van der Waals surface area contributed by atoms with Crippen LogP contribution < -0.4 is 5.73 Å². The van der Waals surface area contributed by atoms with Gasteiger partial charge in [0, 0.05) is 12.2 Å². The quantitative estimate of drug-likeness (QED) is 0.888. The molecule has 4 heteroatoms. The molecule has 0 spiro atoms. The molecular formula is C14H21N3O. The number of pyridine rings is 1. The van der Waals surface area contributed by atoms with Crippen LogP contribution in [0.4, 0.5) is 0 Å². The summed E-state index contributed by atoms with van der Waals surface area (Å²) in [6, 6.07) is 4.02. The highest BCUT2D eigenvalue weighted by Crippen LogP contribution is 2.25. The minimum absolute atomic E-state index is 0.332. The minimum Gasteiger partial charge on any atom is -0.364 e. The number of likely N-dealkylation sites (tertiary alicyclic amines) is 1. The van der Waals surface area contributed by atoms with E-state index in [1.807, 2.05) is 6.07 Å². The van der Waals surface area contributed by atoms with Crippen molar-refractivity contribution >= 4 is 5.91 Å². The van der Waals surface area contributed by atoms with Crippen molar-refractivity contribution in [3.8, 4) is 0 Å². The molecule has 1 fully saturated rings. The van der Waals surface area contributed by atoms with Gasteiger partial charge in [-0.2, -0.15) is 0 Å². The van der Waals surface area contributed by atoms with Gasteiger partial charge in [-0.05, 0) is 50.4 Å². The molecule has 98 valence electrons. The smallest absolute Gasteiger partial charge is 0.267 e. The molecule has 1 atom stereocenters. The van der Waals surface area contributed by atoms with Gasteiger partial charge in [-0.3, -0.25) is 14.7 Å². The molecule has 0 radical (unpaired) electrons. The molecule has 2 heterocycles. The van der Waals surface area contributed by atoms with Crippen molar-refractivity contribution in [2.24, 2.45) is 11.7 Å². The van der Waals surface area contributed by atoms with Crippen molar-refractivity contribution in [3.63, 3.8) is 0 Å². The van der Waals surface area contributed by atoms with E-state index < -0.39 is 5.91 Å². The summed E-state index contributed by atoms with van der Waals surface area (Å²) in [7, 11) is 0. The summed E-state index contributed by atoms with van der Waals surface area (Å²) in [5.41, 5.74) is 6.67. The molecule has 1 amide bonds. The number of rotatable bonds is 3. The monoisotopic (exact) mass is 247 g/mol. The van der Waals surface area contributed by atoms with Crippen molar-refractivity contribution in [2.75, 3.05) is 13.1 Å². The van der Waals surface area contributed by atoms with Gasteiger partial charge in [0.05, 0.1) is 0 Å². The fourth-order valence-electron chi connectivity index (χ4n) is 2.42. The van der Waals surface area contributed by atoms with E-state index in [1.165, 1.54) is 12.8 Å². The second-order valence-corrected chi connectivity index (χ2v) is 5.24. The van der Waals surface area contributed by atoms with Gasteiger partial charge in [-0.15, -0.1) is 0 Å². The molecule has 1 aliphatic rings. The number of hydrogen-bond acceptors (Lipinski definition) is 3. The molecule has 1 unspecified atom stereocenters. The van der Waals surface area contributed by atoms with E-state index >= 15 is 0 Å². The fourth-order valence-corrected chi connectivity index (χ4v) is 2.42. The molecule has 1 aromatic heterocycles. The van der Waals surface area contributed by atoms with Crippen molar-refractivity contribution in [2.45, 2.75) is 32.7 Å². The van der Waals surface area contributed by atoms with E-state index in [9.17, 15) is 4.79 Å². The number of nitrogens with zero attached hydrogens (tertiary/aromatic N) is 2. The van der Waals surface area contributed by atoms with Gasteiger partial charge < -0.3 is 5.73 Å². The van der Waals surface area contributed by atoms with Crippen LogP contribution in [0, 0.1) is 5.92 Å². The Morgan fingerprint density at radius 2 is 2.11 bits per heavy atom. The highest BCUT2D eigenvalue weighted by molar-refractivity contribution is 5.90.